The first kappa shape index (κ1) is 16.3. The van der Waals surface area contributed by atoms with E-state index in [0.29, 0.717) is 12.2 Å². The van der Waals surface area contributed by atoms with E-state index in [0.717, 1.165) is 5.56 Å². The van der Waals surface area contributed by atoms with E-state index < -0.39 is 5.60 Å². The minimum absolute atomic E-state index is 0.0242. The van der Waals surface area contributed by atoms with Crippen LogP contribution in [-0.2, 0) is 14.3 Å². The quantitative estimate of drug-likeness (QED) is 0.756. The number of carbonyl (C=O) groups is 2. The number of carbonyl (C=O) groups excluding carboxylic acids is 2. The van der Waals surface area contributed by atoms with Crippen LogP contribution in [0.2, 0.25) is 0 Å². The maximum absolute atomic E-state index is 13.8. The first-order valence-corrected chi connectivity index (χ1v) is 9.92. The summed E-state index contributed by atoms with van der Waals surface area (Å²) in [5.74, 6) is 0.313. The number of ketones is 1. The van der Waals surface area contributed by atoms with Gasteiger partial charge in [0.1, 0.15) is 17.1 Å². The summed E-state index contributed by atoms with van der Waals surface area (Å²) in [5.41, 5.74) is 0.383. The van der Waals surface area contributed by atoms with Crippen LogP contribution in [0.1, 0.15) is 36.6 Å². The molecule has 0 aliphatic carbocycles. The topological polar surface area (TPSA) is 59.8 Å². The van der Waals surface area contributed by atoms with Crippen LogP contribution in [0.5, 0.6) is 0 Å². The summed E-state index contributed by atoms with van der Waals surface area (Å²) in [6.45, 7) is 1.93. The summed E-state index contributed by atoms with van der Waals surface area (Å²) < 4.78 is 12.1. The Bertz CT molecular complexity index is 981. The molecule has 1 aromatic heterocycles. The molecule has 2 bridgehead atoms. The molecule has 1 amide bonds. The summed E-state index contributed by atoms with van der Waals surface area (Å²) in [6, 6.07) is 13.1. The average Bonchev–Trinajstić information content (AvgIpc) is 3.47. The highest BCUT2D eigenvalue weighted by Gasteiger charge is 2.73. The molecule has 6 rings (SSSR count). The second-order valence-corrected chi connectivity index (χ2v) is 8.39. The number of rotatable bonds is 2. The van der Waals surface area contributed by atoms with Gasteiger partial charge in [-0.2, -0.15) is 0 Å². The van der Waals surface area contributed by atoms with E-state index in [-0.39, 0.29) is 47.6 Å². The minimum Gasteiger partial charge on any atom is -0.467 e. The fourth-order valence-corrected chi connectivity index (χ4v) is 6.02. The second kappa shape index (κ2) is 5.45. The summed E-state index contributed by atoms with van der Waals surface area (Å²) in [6.07, 6.45) is 5.91. The van der Waals surface area contributed by atoms with Gasteiger partial charge >= 0.3 is 0 Å². The molecule has 0 unspecified atom stereocenters. The number of benzene rings is 1. The molecule has 142 valence electrons. The molecular formula is C23H21NO4. The van der Waals surface area contributed by atoms with Crippen LogP contribution in [0.25, 0.3) is 0 Å². The zero-order chi connectivity index (χ0) is 19.0. The van der Waals surface area contributed by atoms with E-state index in [1.807, 2.05) is 36.1 Å². The van der Waals surface area contributed by atoms with Crippen molar-refractivity contribution in [2.24, 2.45) is 11.8 Å². The monoisotopic (exact) mass is 375 g/mol. The molecule has 4 aliphatic heterocycles. The smallest absolute Gasteiger partial charge is 0.230 e. The lowest BCUT2D eigenvalue weighted by molar-refractivity contribution is -0.145. The van der Waals surface area contributed by atoms with Crippen molar-refractivity contribution < 1.29 is 18.7 Å². The Morgan fingerprint density at radius 1 is 1.11 bits per heavy atom. The van der Waals surface area contributed by atoms with E-state index >= 15 is 0 Å². The summed E-state index contributed by atoms with van der Waals surface area (Å²) in [4.78, 5) is 28.6. The van der Waals surface area contributed by atoms with E-state index in [4.69, 9.17) is 9.15 Å². The van der Waals surface area contributed by atoms with Crippen LogP contribution in [0.4, 0.5) is 0 Å². The molecule has 2 aromatic rings. The van der Waals surface area contributed by atoms with Gasteiger partial charge in [0.2, 0.25) is 5.91 Å². The van der Waals surface area contributed by atoms with E-state index in [1.54, 1.807) is 12.3 Å². The van der Waals surface area contributed by atoms with Crippen molar-refractivity contribution in [3.8, 4) is 0 Å². The number of hydrogen-bond acceptors (Lipinski definition) is 4. The van der Waals surface area contributed by atoms with Crippen molar-refractivity contribution in [3.63, 3.8) is 0 Å². The number of nitrogens with zero attached hydrogens (tertiary/aromatic N) is 1. The molecule has 5 heteroatoms. The van der Waals surface area contributed by atoms with Crippen molar-refractivity contribution in [1.29, 1.82) is 0 Å². The Morgan fingerprint density at radius 3 is 2.68 bits per heavy atom. The molecule has 5 nitrogen and oxygen atoms in total. The maximum atomic E-state index is 13.8. The molecule has 5 heterocycles. The van der Waals surface area contributed by atoms with Gasteiger partial charge in [0.05, 0.1) is 30.4 Å². The van der Waals surface area contributed by atoms with E-state index in [9.17, 15) is 9.59 Å². The van der Waals surface area contributed by atoms with Crippen LogP contribution in [0, 0.1) is 11.8 Å². The molecule has 0 radical (unpaired) electrons. The van der Waals surface area contributed by atoms with E-state index in [1.165, 1.54) is 0 Å². The number of Topliss-reactive ketones (excluding diaryl/α,β-unsaturated/α-hetero) is 1. The maximum Gasteiger partial charge on any atom is 0.230 e. The average molecular weight is 375 g/mol. The van der Waals surface area contributed by atoms with E-state index in [2.05, 4.69) is 24.3 Å². The van der Waals surface area contributed by atoms with Gasteiger partial charge in [-0.3, -0.25) is 9.59 Å². The Labute approximate surface area is 163 Å². The number of furan rings is 1. The van der Waals surface area contributed by atoms with Crippen LogP contribution >= 0.6 is 0 Å². The predicted octanol–water partition coefficient (Wildman–Crippen LogP) is 3.25. The summed E-state index contributed by atoms with van der Waals surface area (Å²) >= 11 is 0. The van der Waals surface area contributed by atoms with Gasteiger partial charge in [-0.1, -0.05) is 49.4 Å². The van der Waals surface area contributed by atoms with Crippen LogP contribution in [0.15, 0.2) is 65.3 Å². The molecule has 0 saturated carbocycles. The molecule has 3 fully saturated rings. The molecule has 1 spiro atoms. The molecule has 28 heavy (non-hydrogen) atoms. The Kier molecular flexibility index (Phi) is 3.17. The Morgan fingerprint density at radius 2 is 1.93 bits per heavy atom. The molecule has 7 atom stereocenters. The zero-order valence-electron chi connectivity index (χ0n) is 15.5. The third-order valence-corrected chi connectivity index (χ3v) is 7.14. The number of amides is 1. The van der Waals surface area contributed by atoms with Crippen molar-refractivity contribution in [2.45, 2.75) is 43.1 Å². The van der Waals surface area contributed by atoms with Gasteiger partial charge in [0.15, 0.2) is 0 Å². The van der Waals surface area contributed by atoms with Gasteiger partial charge in [-0.25, -0.2) is 0 Å². The Hall–Kier alpha value is -2.66. The van der Waals surface area contributed by atoms with Crippen LogP contribution in [-0.4, -0.2) is 34.3 Å². The highest BCUT2D eigenvalue weighted by Crippen LogP contribution is 2.62. The highest BCUT2D eigenvalue weighted by atomic mass is 16.5. The lowest BCUT2D eigenvalue weighted by Gasteiger charge is -2.43. The molecular weight excluding hydrogens is 354 g/mol. The van der Waals surface area contributed by atoms with Gasteiger partial charge in [-0.05, 0) is 17.7 Å². The molecule has 4 aliphatic rings. The van der Waals surface area contributed by atoms with Gasteiger partial charge in [0.25, 0.3) is 0 Å². The lowest BCUT2D eigenvalue weighted by atomic mass is 9.69. The fraction of sp³-hybridized carbons (Fsp3) is 0.391. The first-order chi connectivity index (χ1) is 13.6. The summed E-state index contributed by atoms with van der Waals surface area (Å²) in [7, 11) is 0. The van der Waals surface area contributed by atoms with Crippen molar-refractivity contribution in [1.82, 2.24) is 4.90 Å². The third kappa shape index (κ3) is 1.85. The normalized spacial score (nSPS) is 40.8. The largest absolute Gasteiger partial charge is 0.467 e. The highest BCUT2D eigenvalue weighted by molar-refractivity contribution is 5.93. The SMILES string of the molecule is C[C@@H]1C(=O)C[C@@H](c2ccco2)N2C(=O)[C@H]3[C@H](c4ccccc4)[C@@H]4C=C[C@]3(O4)[C@@H]12. The minimum atomic E-state index is -0.734. The van der Waals surface area contributed by atoms with Crippen LogP contribution in [0.3, 0.4) is 0 Å². The third-order valence-electron chi connectivity index (χ3n) is 7.14. The summed E-state index contributed by atoms with van der Waals surface area (Å²) in [5, 5.41) is 0. The van der Waals surface area contributed by atoms with Gasteiger partial charge in [0, 0.05) is 18.3 Å². The lowest BCUT2D eigenvalue weighted by Crippen LogP contribution is -2.55. The number of fused-ring (bicyclic) bond motifs is 2. The molecule has 1 aromatic carbocycles. The van der Waals surface area contributed by atoms with Gasteiger partial charge < -0.3 is 14.1 Å². The molecule has 3 saturated heterocycles. The standard InChI is InChI=1S/C23H21NO4/c1-13-16(25)12-15(17-8-5-11-27-17)24-21(13)23-10-9-18(28-23)19(20(23)22(24)26)14-6-3-2-4-7-14/h2-11,13,15,18-21H,12H2,1H3/t13-,15+,18+,19-,20-,21-,23-/m1/s1. The zero-order valence-corrected chi connectivity index (χ0v) is 15.5. The number of ether oxygens (including phenoxy) is 1. The molecule has 0 N–H and O–H groups in total. The van der Waals surface area contributed by atoms with Crippen molar-refractivity contribution >= 4 is 11.7 Å². The predicted molar refractivity (Wildman–Crippen MR) is 100 cm³/mol. The van der Waals surface area contributed by atoms with Gasteiger partial charge in [-0.15, -0.1) is 0 Å². The van der Waals surface area contributed by atoms with Crippen LogP contribution < -0.4 is 0 Å². The Balaban J connectivity index is 1.50. The number of hydrogen-bond donors (Lipinski definition) is 0. The number of piperidine rings is 1. The first-order valence-electron chi connectivity index (χ1n) is 9.92. The second-order valence-electron chi connectivity index (χ2n) is 8.39. The van der Waals surface area contributed by atoms with Crippen molar-refractivity contribution in [3.05, 3.63) is 72.2 Å². The fourth-order valence-electron chi connectivity index (χ4n) is 6.02. The van der Waals surface area contributed by atoms with Crippen molar-refractivity contribution in [2.75, 3.05) is 0 Å².